The minimum atomic E-state index is -1.82. The number of ether oxygens (including phenoxy) is 2. The number of hydrogen-bond acceptors (Lipinski definition) is 9. The van der Waals surface area contributed by atoms with Crippen LogP contribution in [0.5, 0.6) is 5.75 Å². The summed E-state index contributed by atoms with van der Waals surface area (Å²) in [5.41, 5.74) is 6.53. The first-order valence-electron chi connectivity index (χ1n) is 11.6. The molecule has 1 aliphatic rings. The van der Waals surface area contributed by atoms with Gasteiger partial charge in [0.05, 0.1) is 40.6 Å². The number of anilines is 2. The number of benzene rings is 1. The Morgan fingerprint density at radius 3 is 2.50 bits per heavy atom. The number of piperidine rings is 1. The molecule has 0 spiro atoms. The van der Waals surface area contributed by atoms with Crippen molar-refractivity contribution in [3.8, 4) is 5.75 Å². The Kier molecular flexibility index (Phi) is 12.3. The third-order valence-electron chi connectivity index (χ3n) is 5.71. The van der Waals surface area contributed by atoms with Crippen molar-refractivity contribution in [3.05, 3.63) is 46.1 Å². The third kappa shape index (κ3) is 9.21. The molecule has 2 atom stereocenters. The predicted octanol–water partition coefficient (Wildman–Crippen LogP) is 2.46. The first-order valence-corrected chi connectivity index (χ1v) is 12.3. The number of rotatable bonds is 9. The molecule has 38 heavy (non-hydrogen) atoms. The molecule has 0 bridgehead atoms. The highest BCUT2D eigenvalue weighted by molar-refractivity contribution is 6.33. The molecule has 0 saturated carbocycles. The first kappa shape index (κ1) is 30.9. The fourth-order valence-electron chi connectivity index (χ4n) is 3.77. The summed E-state index contributed by atoms with van der Waals surface area (Å²) in [5, 5.41) is 22.0. The van der Waals surface area contributed by atoms with Crippen LogP contribution in [0, 0.1) is 0 Å². The Balaban J connectivity index is 0.000000757. The third-order valence-corrected chi connectivity index (χ3v) is 6.34. The number of aliphatic carboxylic acids is 2. The highest BCUT2D eigenvalue weighted by atomic mass is 35.5. The zero-order valence-corrected chi connectivity index (χ0v) is 22.5. The first-order chi connectivity index (χ1) is 18.1. The molecular weight excluding hydrogens is 541 g/mol. The van der Waals surface area contributed by atoms with Crippen LogP contribution < -0.4 is 21.1 Å². The van der Waals surface area contributed by atoms with Crippen LogP contribution in [0.3, 0.4) is 0 Å². The Morgan fingerprint density at radius 2 is 1.89 bits per heavy atom. The molecule has 1 aromatic heterocycles. The van der Waals surface area contributed by atoms with E-state index in [1.54, 1.807) is 25.4 Å². The summed E-state index contributed by atoms with van der Waals surface area (Å²) in [7, 11) is 3.16. The monoisotopic (exact) mass is 571 g/mol. The number of carboxylic acids is 2. The topological polar surface area (TPSA) is 176 Å². The molecule has 2 heterocycles. The van der Waals surface area contributed by atoms with Crippen molar-refractivity contribution in [2.45, 2.75) is 25.0 Å². The van der Waals surface area contributed by atoms with E-state index in [9.17, 15) is 4.79 Å². The van der Waals surface area contributed by atoms with Gasteiger partial charge in [-0.15, -0.1) is 0 Å². The van der Waals surface area contributed by atoms with Crippen LogP contribution in [0.2, 0.25) is 10.0 Å². The number of carbonyl (C=O) groups is 3. The van der Waals surface area contributed by atoms with Gasteiger partial charge in [-0.1, -0.05) is 23.2 Å². The molecule has 6 N–H and O–H groups in total. The van der Waals surface area contributed by atoms with Gasteiger partial charge < -0.3 is 41.0 Å². The zero-order chi connectivity index (χ0) is 28.2. The van der Waals surface area contributed by atoms with Crippen LogP contribution >= 0.6 is 23.2 Å². The molecule has 0 unspecified atom stereocenters. The average molecular weight is 572 g/mol. The van der Waals surface area contributed by atoms with Crippen LogP contribution in [0.15, 0.2) is 30.5 Å². The number of carboxylic acid groups (broad SMARTS) is 2. The van der Waals surface area contributed by atoms with Crippen LogP contribution in [0.4, 0.5) is 11.5 Å². The molecular formula is C24H31Cl2N5O7. The smallest absolute Gasteiger partial charge is 0.414 e. The van der Waals surface area contributed by atoms with Gasteiger partial charge in [0.15, 0.2) is 0 Å². The molecule has 0 aliphatic carbocycles. The van der Waals surface area contributed by atoms with E-state index in [0.29, 0.717) is 32.9 Å². The van der Waals surface area contributed by atoms with E-state index in [1.165, 1.54) is 13.2 Å². The van der Waals surface area contributed by atoms with Gasteiger partial charge in [-0.3, -0.25) is 4.79 Å². The maximum absolute atomic E-state index is 12.9. The Labute approximate surface area is 230 Å². The number of methoxy groups -OCH3 is 2. The lowest BCUT2D eigenvalue weighted by atomic mass is 10.0. The van der Waals surface area contributed by atoms with E-state index in [1.807, 2.05) is 6.07 Å². The number of hydrogen-bond donors (Lipinski definition) is 5. The molecule has 12 nitrogen and oxygen atoms in total. The second kappa shape index (κ2) is 15.2. The molecule has 1 aliphatic heterocycles. The number of amides is 1. The van der Waals surface area contributed by atoms with Crippen molar-refractivity contribution < 1.29 is 34.1 Å². The fourth-order valence-corrected chi connectivity index (χ4v) is 4.13. The van der Waals surface area contributed by atoms with Gasteiger partial charge >= 0.3 is 11.9 Å². The summed E-state index contributed by atoms with van der Waals surface area (Å²) < 4.78 is 11.0. The largest absolute Gasteiger partial charge is 0.496 e. The van der Waals surface area contributed by atoms with Crippen molar-refractivity contribution in [1.29, 1.82) is 0 Å². The Bertz CT molecular complexity index is 1110. The van der Waals surface area contributed by atoms with E-state index >= 15 is 0 Å². The summed E-state index contributed by atoms with van der Waals surface area (Å²) in [6, 6.07) is 6.59. The summed E-state index contributed by atoms with van der Waals surface area (Å²) in [6.45, 7) is 3.25. The van der Waals surface area contributed by atoms with Gasteiger partial charge in [-0.05, 0) is 37.6 Å². The van der Waals surface area contributed by atoms with Gasteiger partial charge in [0.2, 0.25) is 0 Å². The standard InChI is InChI=1S/C22H29Cl2N5O3.C2H2O4/c1-31-19-12-17(25)16(24)11-14(19)22(30)28-18-6-10-29(13-20(18)32-2)9-4-8-27-21-15(23)5-3-7-26-21;3-1(4)2(5)6/h3,5,7,11-12,18,20H,4,6,8-10,13,25H2,1-2H3,(H,26,27)(H,28,30);(H,3,4)(H,5,6)/t18-,20+;/m1./s1. The summed E-state index contributed by atoms with van der Waals surface area (Å²) in [4.78, 5) is 37.7. The number of nitrogens with one attached hydrogen (secondary N) is 2. The van der Waals surface area contributed by atoms with Crippen LogP contribution in [0.25, 0.3) is 0 Å². The van der Waals surface area contributed by atoms with Crippen molar-refractivity contribution >= 4 is 52.6 Å². The number of nitrogen functional groups attached to an aromatic ring is 1. The van der Waals surface area contributed by atoms with Gasteiger partial charge in [-0.25, -0.2) is 14.6 Å². The highest BCUT2D eigenvalue weighted by Crippen LogP contribution is 2.29. The van der Waals surface area contributed by atoms with E-state index in [4.69, 9.17) is 58.2 Å². The minimum absolute atomic E-state index is 0.116. The maximum atomic E-state index is 12.9. The molecule has 1 saturated heterocycles. The zero-order valence-electron chi connectivity index (χ0n) is 20.9. The summed E-state index contributed by atoms with van der Waals surface area (Å²) in [5.74, 6) is -2.83. The van der Waals surface area contributed by atoms with Crippen molar-refractivity contribution in [2.75, 3.05) is 51.4 Å². The minimum Gasteiger partial charge on any atom is -0.496 e. The molecule has 1 fully saturated rings. The van der Waals surface area contributed by atoms with Gasteiger partial charge in [0, 0.05) is 39.0 Å². The molecule has 0 radical (unpaired) electrons. The number of likely N-dealkylation sites (tertiary alicyclic amines) is 1. The van der Waals surface area contributed by atoms with Crippen LogP contribution in [-0.4, -0.2) is 90.5 Å². The van der Waals surface area contributed by atoms with Crippen molar-refractivity contribution in [2.24, 2.45) is 0 Å². The van der Waals surface area contributed by atoms with E-state index in [2.05, 4.69) is 20.5 Å². The lowest BCUT2D eigenvalue weighted by molar-refractivity contribution is -0.159. The van der Waals surface area contributed by atoms with E-state index in [-0.39, 0.29) is 18.1 Å². The summed E-state index contributed by atoms with van der Waals surface area (Å²) >= 11 is 12.2. The molecule has 1 aromatic carbocycles. The number of pyridine rings is 1. The molecule has 3 rings (SSSR count). The molecule has 14 heteroatoms. The van der Waals surface area contributed by atoms with Gasteiger partial charge in [-0.2, -0.15) is 0 Å². The lowest BCUT2D eigenvalue weighted by Gasteiger charge is -2.38. The molecule has 2 aromatic rings. The normalized spacial score (nSPS) is 17.1. The second-order valence-electron chi connectivity index (χ2n) is 8.24. The number of halogens is 2. The van der Waals surface area contributed by atoms with E-state index in [0.717, 1.165) is 39.0 Å². The highest BCUT2D eigenvalue weighted by Gasteiger charge is 2.31. The van der Waals surface area contributed by atoms with Crippen LogP contribution in [-0.2, 0) is 14.3 Å². The Hall–Kier alpha value is -3.32. The van der Waals surface area contributed by atoms with Gasteiger partial charge in [0.25, 0.3) is 5.91 Å². The SMILES string of the molecule is COc1cc(N)c(Cl)cc1C(=O)N[C@@H]1CCN(CCCNc2ncccc2Cl)C[C@@H]1OC.O=C(O)C(=O)O. The Morgan fingerprint density at radius 1 is 1.18 bits per heavy atom. The molecule has 1 amide bonds. The molecule has 208 valence electrons. The predicted molar refractivity (Wildman–Crippen MR) is 143 cm³/mol. The second-order valence-corrected chi connectivity index (χ2v) is 9.06. The maximum Gasteiger partial charge on any atom is 0.414 e. The van der Waals surface area contributed by atoms with Gasteiger partial charge in [0.1, 0.15) is 11.6 Å². The summed E-state index contributed by atoms with van der Waals surface area (Å²) in [6.07, 6.45) is 3.29. The quantitative estimate of drug-likeness (QED) is 0.169. The number of aromatic nitrogens is 1. The lowest BCUT2D eigenvalue weighted by Crippen LogP contribution is -2.55. The van der Waals surface area contributed by atoms with Crippen LogP contribution in [0.1, 0.15) is 23.2 Å². The number of carbonyl (C=O) groups excluding carboxylic acids is 1. The van der Waals surface area contributed by atoms with Crippen molar-refractivity contribution in [3.63, 3.8) is 0 Å². The average Bonchev–Trinajstić information content (AvgIpc) is 2.89. The van der Waals surface area contributed by atoms with E-state index < -0.39 is 11.9 Å². The fraction of sp³-hybridized carbons (Fsp3) is 0.417. The van der Waals surface area contributed by atoms with Crippen molar-refractivity contribution in [1.82, 2.24) is 15.2 Å². The number of nitrogens with zero attached hydrogens (tertiary/aromatic N) is 2. The number of nitrogens with two attached hydrogens (primary N) is 1.